The number of nitrogen functional groups attached to an aromatic ring is 1. The molecule has 21 heavy (non-hydrogen) atoms. The fourth-order valence-corrected chi connectivity index (χ4v) is 5.17. The van der Waals surface area contributed by atoms with Crippen molar-refractivity contribution in [3.8, 4) is 0 Å². The Bertz CT molecular complexity index is 568. The molecule has 0 amide bonds. The van der Waals surface area contributed by atoms with Gasteiger partial charge in [-0.15, -0.1) is 0 Å². The van der Waals surface area contributed by atoms with Crippen molar-refractivity contribution < 1.29 is 13.2 Å². The van der Waals surface area contributed by atoms with E-state index in [1.54, 1.807) is 12.1 Å². The van der Waals surface area contributed by atoms with Crippen molar-refractivity contribution in [3.05, 3.63) is 21.1 Å². The molecule has 0 radical (unpaired) electrons. The molecular weight excluding hydrogens is 424 g/mol. The summed E-state index contributed by atoms with van der Waals surface area (Å²) in [7, 11) is -3.74. The van der Waals surface area contributed by atoms with Crippen LogP contribution in [0.1, 0.15) is 20.8 Å². The van der Waals surface area contributed by atoms with Crippen LogP contribution in [0.15, 0.2) is 26.0 Å². The predicted octanol–water partition coefficient (Wildman–Crippen LogP) is 3.13. The summed E-state index contributed by atoms with van der Waals surface area (Å²) >= 11 is 6.53. The molecule has 0 aromatic heterocycles. The Morgan fingerprint density at radius 1 is 1.33 bits per heavy atom. The minimum Gasteiger partial charge on any atom is -0.398 e. The average Bonchev–Trinajstić information content (AvgIpc) is 2.32. The minimum atomic E-state index is -3.74. The maximum absolute atomic E-state index is 12.6. The fraction of sp³-hybridized carbons (Fsp3) is 0.538. The van der Waals surface area contributed by atoms with Crippen LogP contribution in [0.4, 0.5) is 5.69 Å². The van der Waals surface area contributed by atoms with E-state index in [1.807, 2.05) is 20.8 Å². The summed E-state index contributed by atoms with van der Waals surface area (Å²) in [4.78, 5) is 0.0489. The first-order chi connectivity index (χ1) is 9.69. The van der Waals surface area contributed by atoms with E-state index >= 15 is 0 Å². The van der Waals surface area contributed by atoms with E-state index in [2.05, 4.69) is 36.6 Å². The van der Waals surface area contributed by atoms with Gasteiger partial charge < -0.3 is 10.5 Å². The van der Waals surface area contributed by atoms with Gasteiger partial charge in [-0.25, -0.2) is 13.1 Å². The Morgan fingerprint density at radius 2 is 1.95 bits per heavy atom. The third-order valence-electron chi connectivity index (χ3n) is 2.92. The monoisotopic (exact) mass is 442 g/mol. The van der Waals surface area contributed by atoms with Crippen molar-refractivity contribution in [2.45, 2.75) is 31.7 Å². The number of halogens is 2. The van der Waals surface area contributed by atoms with Crippen LogP contribution in [-0.2, 0) is 14.8 Å². The second kappa shape index (κ2) is 7.92. The van der Waals surface area contributed by atoms with Crippen LogP contribution in [-0.4, -0.2) is 27.7 Å². The molecule has 0 heterocycles. The molecule has 8 heteroatoms. The van der Waals surface area contributed by atoms with Gasteiger partial charge in [0.1, 0.15) is 4.90 Å². The van der Waals surface area contributed by atoms with Crippen LogP contribution in [0, 0.1) is 5.92 Å². The molecule has 1 aromatic carbocycles. The molecule has 1 atom stereocenters. The topological polar surface area (TPSA) is 81.4 Å². The summed E-state index contributed by atoms with van der Waals surface area (Å²) in [6.07, 6.45) is 0. The third kappa shape index (κ3) is 5.21. The van der Waals surface area contributed by atoms with Gasteiger partial charge >= 0.3 is 0 Å². The van der Waals surface area contributed by atoms with E-state index in [9.17, 15) is 8.42 Å². The molecule has 120 valence electrons. The zero-order valence-electron chi connectivity index (χ0n) is 12.2. The van der Waals surface area contributed by atoms with E-state index in [0.29, 0.717) is 22.2 Å². The van der Waals surface area contributed by atoms with E-state index in [4.69, 9.17) is 10.5 Å². The molecule has 0 aliphatic heterocycles. The van der Waals surface area contributed by atoms with Crippen molar-refractivity contribution in [1.29, 1.82) is 0 Å². The average molecular weight is 444 g/mol. The molecule has 5 nitrogen and oxygen atoms in total. The standard InChI is InChI=1S/C13H20Br2N2O3S/c1-4-20-7-12(8(2)3)17-21(18,19)13-10(15)5-9(14)6-11(13)16/h5-6,8,12,17H,4,7,16H2,1-3H3. The summed E-state index contributed by atoms with van der Waals surface area (Å²) in [5.74, 6) is 0.0989. The van der Waals surface area contributed by atoms with Gasteiger partial charge in [0.2, 0.25) is 10.0 Å². The van der Waals surface area contributed by atoms with Crippen molar-refractivity contribution in [1.82, 2.24) is 4.72 Å². The number of nitrogens with two attached hydrogens (primary N) is 1. The van der Waals surface area contributed by atoms with Gasteiger partial charge in [-0.2, -0.15) is 0 Å². The summed E-state index contributed by atoms with van der Waals surface area (Å²) in [5.41, 5.74) is 6.03. The molecule has 0 saturated carbocycles. The SMILES string of the molecule is CCOCC(NS(=O)(=O)c1c(N)cc(Br)cc1Br)C(C)C. The zero-order chi connectivity index (χ0) is 16.2. The second-order valence-corrected chi connectivity index (χ2v) is 8.36. The molecular formula is C13H20Br2N2O3S. The highest BCUT2D eigenvalue weighted by atomic mass is 79.9. The lowest BCUT2D eigenvalue weighted by Gasteiger charge is -2.23. The van der Waals surface area contributed by atoms with Gasteiger partial charge in [-0.05, 0) is 40.9 Å². The van der Waals surface area contributed by atoms with Gasteiger partial charge in [0.05, 0.1) is 12.3 Å². The van der Waals surface area contributed by atoms with Gasteiger partial charge in [-0.1, -0.05) is 29.8 Å². The zero-order valence-corrected chi connectivity index (χ0v) is 16.2. The summed E-state index contributed by atoms with van der Waals surface area (Å²) in [6.45, 7) is 6.60. The van der Waals surface area contributed by atoms with Crippen molar-refractivity contribution >= 4 is 47.6 Å². The maximum Gasteiger partial charge on any atom is 0.244 e. The number of hydrogen-bond acceptors (Lipinski definition) is 4. The van der Waals surface area contributed by atoms with E-state index in [1.165, 1.54) is 0 Å². The van der Waals surface area contributed by atoms with E-state index < -0.39 is 10.0 Å². The van der Waals surface area contributed by atoms with Crippen LogP contribution in [0.2, 0.25) is 0 Å². The Balaban J connectivity index is 3.11. The highest BCUT2D eigenvalue weighted by Crippen LogP contribution is 2.31. The molecule has 0 aliphatic carbocycles. The number of nitrogens with one attached hydrogen (secondary N) is 1. The molecule has 3 N–H and O–H groups in total. The number of benzene rings is 1. The Hall–Kier alpha value is -0.150. The van der Waals surface area contributed by atoms with Crippen molar-refractivity contribution in [2.24, 2.45) is 5.92 Å². The van der Waals surface area contributed by atoms with Gasteiger partial charge in [0.25, 0.3) is 0 Å². The molecule has 0 spiro atoms. The summed E-state index contributed by atoms with van der Waals surface area (Å²) in [5, 5.41) is 0. The largest absolute Gasteiger partial charge is 0.398 e. The molecule has 0 bridgehead atoms. The fourth-order valence-electron chi connectivity index (χ4n) is 1.73. The lowest BCUT2D eigenvalue weighted by atomic mass is 10.1. The van der Waals surface area contributed by atoms with Gasteiger partial charge in [0, 0.05) is 21.6 Å². The first-order valence-corrected chi connectivity index (χ1v) is 9.60. The quantitative estimate of drug-likeness (QED) is 0.634. The van der Waals surface area contributed by atoms with Gasteiger partial charge in [-0.3, -0.25) is 0 Å². The van der Waals surface area contributed by atoms with Gasteiger partial charge in [0.15, 0.2) is 0 Å². The summed E-state index contributed by atoms with van der Waals surface area (Å²) in [6, 6.07) is 2.90. The Kier molecular flexibility index (Phi) is 7.12. The van der Waals surface area contributed by atoms with Crippen LogP contribution in [0.5, 0.6) is 0 Å². The number of anilines is 1. The first-order valence-electron chi connectivity index (χ1n) is 6.53. The van der Waals surface area contributed by atoms with Crippen LogP contribution in [0.25, 0.3) is 0 Å². The second-order valence-electron chi connectivity index (χ2n) is 4.94. The molecule has 0 saturated heterocycles. The highest BCUT2D eigenvalue weighted by Gasteiger charge is 2.26. The molecule has 1 unspecified atom stereocenters. The minimum absolute atomic E-state index is 0.0489. The van der Waals surface area contributed by atoms with Crippen LogP contribution >= 0.6 is 31.9 Å². The predicted molar refractivity (Wildman–Crippen MR) is 91.7 cm³/mol. The Labute approximate surface area is 142 Å². The number of sulfonamides is 1. The lowest BCUT2D eigenvalue weighted by molar-refractivity contribution is 0.116. The lowest BCUT2D eigenvalue weighted by Crippen LogP contribution is -2.42. The van der Waals surface area contributed by atoms with Crippen LogP contribution < -0.4 is 10.5 Å². The van der Waals surface area contributed by atoms with E-state index in [-0.39, 0.29) is 22.5 Å². The molecule has 1 rings (SSSR count). The molecule has 0 fully saturated rings. The normalized spacial score (nSPS) is 13.6. The third-order valence-corrected chi connectivity index (χ3v) is 5.87. The molecule has 1 aromatic rings. The maximum atomic E-state index is 12.6. The van der Waals surface area contributed by atoms with Crippen molar-refractivity contribution in [2.75, 3.05) is 18.9 Å². The first kappa shape index (κ1) is 18.9. The smallest absolute Gasteiger partial charge is 0.244 e. The number of rotatable bonds is 7. The number of ether oxygens (including phenoxy) is 1. The number of hydrogen-bond donors (Lipinski definition) is 2. The summed E-state index contributed by atoms with van der Waals surface area (Å²) < 4.78 is 34.3. The highest BCUT2D eigenvalue weighted by molar-refractivity contribution is 9.11. The Morgan fingerprint density at radius 3 is 2.43 bits per heavy atom. The van der Waals surface area contributed by atoms with Crippen LogP contribution in [0.3, 0.4) is 0 Å². The van der Waals surface area contributed by atoms with E-state index in [0.717, 1.165) is 0 Å². The van der Waals surface area contributed by atoms with Crippen molar-refractivity contribution in [3.63, 3.8) is 0 Å². The molecule has 0 aliphatic rings.